The Kier molecular flexibility index (Phi) is 7.00. The van der Waals surface area contributed by atoms with E-state index in [1.807, 2.05) is 43.3 Å². The van der Waals surface area contributed by atoms with Crippen LogP contribution in [0.1, 0.15) is 47.6 Å². The summed E-state index contributed by atoms with van der Waals surface area (Å²) in [6, 6.07) is 23.3. The molecule has 6 heteroatoms. The third-order valence-electron chi connectivity index (χ3n) is 6.70. The van der Waals surface area contributed by atoms with E-state index in [-0.39, 0.29) is 23.7 Å². The molecule has 35 heavy (non-hydrogen) atoms. The van der Waals surface area contributed by atoms with Crippen molar-refractivity contribution < 1.29 is 9.18 Å². The molecule has 2 aliphatic rings. The number of carbonyl (C=O) groups excluding carboxylic acids is 1. The molecule has 3 aromatic rings. The van der Waals surface area contributed by atoms with Crippen molar-refractivity contribution in [2.45, 2.75) is 31.1 Å². The van der Waals surface area contributed by atoms with Crippen LogP contribution >= 0.6 is 11.8 Å². The van der Waals surface area contributed by atoms with Crippen LogP contribution in [0, 0.1) is 11.7 Å². The van der Waals surface area contributed by atoms with Crippen molar-refractivity contribution >= 4 is 29.1 Å². The van der Waals surface area contributed by atoms with Gasteiger partial charge in [-0.05, 0) is 65.8 Å². The van der Waals surface area contributed by atoms with Crippen molar-refractivity contribution in [1.82, 2.24) is 5.43 Å². The maximum atomic E-state index is 13.5. The number of hydrogen-bond acceptors (Lipinski definition) is 4. The first-order valence-corrected chi connectivity index (χ1v) is 13.0. The lowest BCUT2D eigenvalue weighted by atomic mass is 9.76. The molecule has 0 bridgehead atoms. The summed E-state index contributed by atoms with van der Waals surface area (Å²) in [4.78, 5) is 12.3. The normalized spacial score (nSPS) is 20.6. The van der Waals surface area contributed by atoms with Crippen LogP contribution in [-0.4, -0.2) is 17.4 Å². The van der Waals surface area contributed by atoms with Gasteiger partial charge in [-0.1, -0.05) is 60.7 Å². The van der Waals surface area contributed by atoms with Gasteiger partial charge in [-0.2, -0.15) is 5.10 Å². The number of nitrogens with one attached hydrogen (secondary N) is 2. The van der Waals surface area contributed by atoms with Gasteiger partial charge in [-0.15, -0.1) is 11.8 Å². The molecule has 0 aromatic heterocycles. The number of benzene rings is 3. The summed E-state index contributed by atoms with van der Waals surface area (Å²) in [5.41, 5.74) is 9.08. The lowest BCUT2D eigenvalue weighted by molar-refractivity contribution is -0.118. The number of halogens is 1. The number of hydrazone groups is 1. The molecule has 0 fully saturated rings. The molecule has 0 spiro atoms. The number of hydrogen-bond donors (Lipinski definition) is 2. The van der Waals surface area contributed by atoms with Crippen molar-refractivity contribution in [3.8, 4) is 0 Å². The zero-order chi connectivity index (χ0) is 24.2. The van der Waals surface area contributed by atoms with Crippen LogP contribution in [0.3, 0.4) is 0 Å². The Balaban J connectivity index is 1.25. The van der Waals surface area contributed by atoms with Gasteiger partial charge in [0.15, 0.2) is 0 Å². The summed E-state index contributed by atoms with van der Waals surface area (Å²) < 4.78 is 13.5. The first kappa shape index (κ1) is 23.4. The zero-order valence-electron chi connectivity index (χ0n) is 19.6. The minimum Gasteiger partial charge on any atom is -0.378 e. The topological polar surface area (TPSA) is 53.5 Å². The molecule has 0 radical (unpaired) electrons. The van der Waals surface area contributed by atoms with E-state index in [1.54, 1.807) is 11.8 Å². The molecule has 1 aliphatic carbocycles. The Bertz CT molecular complexity index is 1260. The molecule has 1 heterocycles. The Hall–Kier alpha value is -3.38. The Morgan fingerprint density at radius 3 is 2.71 bits per heavy atom. The highest BCUT2D eigenvalue weighted by molar-refractivity contribution is 7.99. The van der Waals surface area contributed by atoms with Crippen LogP contribution in [0.15, 0.2) is 90.0 Å². The van der Waals surface area contributed by atoms with E-state index in [9.17, 15) is 9.18 Å². The lowest BCUT2D eigenvalue weighted by Gasteiger charge is -2.37. The SMILES string of the molecule is C/C(=N/NC(=O)CSCc1ccccc1)c1ccc2c(c1)[C@@H]1C=CC[C@@H]1[C@H](c1ccc(F)cc1)N2. The second-order valence-corrected chi connectivity index (χ2v) is 10.0. The van der Waals surface area contributed by atoms with Crippen LogP contribution in [0.2, 0.25) is 0 Å². The molecule has 0 unspecified atom stereocenters. The Labute approximate surface area is 209 Å². The summed E-state index contributed by atoms with van der Waals surface area (Å²) in [7, 11) is 0. The third kappa shape index (κ3) is 5.33. The maximum Gasteiger partial charge on any atom is 0.250 e. The van der Waals surface area contributed by atoms with Crippen molar-refractivity contribution in [3.63, 3.8) is 0 Å². The maximum absolute atomic E-state index is 13.5. The van der Waals surface area contributed by atoms with E-state index >= 15 is 0 Å². The quantitative estimate of drug-likeness (QED) is 0.230. The zero-order valence-corrected chi connectivity index (χ0v) is 20.4. The fourth-order valence-corrected chi connectivity index (χ4v) is 5.68. The predicted octanol–water partition coefficient (Wildman–Crippen LogP) is 6.43. The van der Waals surface area contributed by atoms with Crippen LogP contribution in [0.5, 0.6) is 0 Å². The largest absolute Gasteiger partial charge is 0.378 e. The van der Waals surface area contributed by atoms with Crippen molar-refractivity contribution in [2.24, 2.45) is 11.0 Å². The van der Waals surface area contributed by atoms with Crippen molar-refractivity contribution in [2.75, 3.05) is 11.1 Å². The second kappa shape index (κ2) is 10.5. The predicted molar refractivity (Wildman–Crippen MR) is 142 cm³/mol. The van der Waals surface area contributed by atoms with Gasteiger partial charge in [-0.3, -0.25) is 4.79 Å². The van der Waals surface area contributed by atoms with Crippen molar-refractivity contribution in [1.29, 1.82) is 0 Å². The average molecular weight is 486 g/mol. The van der Waals surface area contributed by atoms with Gasteiger partial charge in [-0.25, -0.2) is 9.82 Å². The molecule has 4 nitrogen and oxygen atoms in total. The van der Waals surface area contributed by atoms with E-state index in [0.29, 0.717) is 11.7 Å². The smallest absolute Gasteiger partial charge is 0.250 e. The number of carbonyl (C=O) groups is 1. The van der Waals surface area contributed by atoms with E-state index in [0.717, 1.165) is 34.7 Å². The summed E-state index contributed by atoms with van der Waals surface area (Å²) in [6.07, 6.45) is 5.50. The van der Waals surface area contributed by atoms with Gasteiger partial charge in [0.05, 0.1) is 17.5 Å². The Morgan fingerprint density at radius 1 is 1.11 bits per heavy atom. The molecule has 0 saturated heterocycles. The van der Waals surface area contributed by atoms with Crippen molar-refractivity contribution in [3.05, 3.63) is 113 Å². The number of rotatable bonds is 7. The molecule has 3 atom stereocenters. The van der Waals surface area contributed by atoms with E-state index in [1.165, 1.54) is 23.3 Å². The van der Waals surface area contributed by atoms with Crippen LogP contribution < -0.4 is 10.7 Å². The molecule has 0 saturated carbocycles. The summed E-state index contributed by atoms with van der Waals surface area (Å²) in [5, 5.41) is 8.04. The van der Waals surface area contributed by atoms with Gasteiger partial charge in [0.1, 0.15) is 5.82 Å². The standard InChI is InChI=1S/C29H28FN3OS/c1-19(32-33-28(34)18-35-17-20-6-3-2-4-7-20)22-12-15-27-26(16-22)24-8-5-9-25(24)29(31-27)21-10-13-23(30)14-11-21/h2-8,10-16,24-25,29,31H,9,17-18H2,1H3,(H,33,34)/b32-19-/t24-,25+,29+/m1/s1. The van der Waals surface area contributed by atoms with Gasteiger partial charge in [0.2, 0.25) is 5.91 Å². The molecule has 1 aliphatic heterocycles. The minimum atomic E-state index is -0.215. The van der Waals surface area contributed by atoms with Gasteiger partial charge in [0, 0.05) is 17.4 Å². The highest BCUT2D eigenvalue weighted by Gasteiger charge is 2.38. The first-order chi connectivity index (χ1) is 17.1. The summed E-state index contributed by atoms with van der Waals surface area (Å²) in [6.45, 7) is 1.92. The number of amides is 1. The molecular weight excluding hydrogens is 457 g/mol. The fourth-order valence-electron chi connectivity index (χ4n) is 4.90. The van der Waals surface area contributed by atoms with Gasteiger partial charge in [0.25, 0.3) is 0 Å². The fraction of sp³-hybridized carbons (Fsp3) is 0.241. The molecule has 2 N–H and O–H groups in total. The number of thioether (sulfide) groups is 1. The second-order valence-electron chi connectivity index (χ2n) is 9.04. The monoisotopic (exact) mass is 485 g/mol. The third-order valence-corrected chi connectivity index (χ3v) is 7.71. The molecular formula is C29H28FN3OS. The van der Waals surface area contributed by atoms with E-state index in [2.05, 4.69) is 52.3 Å². The van der Waals surface area contributed by atoms with Gasteiger partial charge >= 0.3 is 0 Å². The Morgan fingerprint density at radius 2 is 1.91 bits per heavy atom. The molecule has 3 aromatic carbocycles. The summed E-state index contributed by atoms with van der Waals surface area (Å²) >= 11 is 1.57. The number of nitrogens with zero attached hydrogens (tertiary/aromatic N) is 1. The highest BCUT2D eigenvalue weighted by Crippen LogP contribution is 2.49. The van der Waals surface area contributed by atoms with Gasteiger partial charge < -0.3 is 5.32 Å². The molecule has 5 rings (SSSR count). The van der Waals surface area contributed by atoms with E-state index in [4.69, 9.17) is 0 Å². The number of fused-ring (bicyclic) bond motifs is 3. The first-order valence-electron chi connectivity index (χ1n) is 11.9. The number of anilines is 1. The van der Waals surface area contributed by atoms with Crippen LogP contribution in [0.4, 0.5) is 10.1 Å². The average Bonchev–Trinajstić information content (AvgIpc) is 3.38. The lowest BCUT2D eigenvalue weighted by Crippen LogP contribution is -2.29. The highest BCUT2D eigenvalue weighted by atomic mass is 32.2. The van der Waals surface area contributed by atoms with Crippen LogP contribution in [-0.2, 0) is 10.5 Å². The minimum absolute atomic E-state index is 0.106. The summed E-state index contributed by atoms with van der Waals surface area (Å²) in [5.74, 6) is 1.50. The van der Waals surface area contributed by atoms with E-state index < -0.39 is 0 Å². The molecule has 178 valence electrons. The van der Waals surface area contributed by atoms with Crippen LogP contribution in [0.25, 0.3) is 0 Å². The molecule has 1 amide bonds. The number of allylic oxidation sites excluding steroid dienone is 2.